The van der Waals surface area contributed by atoms with Crippen molar-refractivity contribution in [2.24, 2.45) is 0 Å². The van der Waals surface area contributed by atoms with Crippen molar-refractivity contribution >= 4 is 56.2 Å². The molecule has 3 aromatic carbocycles. The summed E-state index contributed by atoms with van der Waals surface area (Å²) in [6.45, 7) is 0. The maximum absolute atomic E-state index is 13.0. The molecule has 3 aromatic rings. The lowest BCUT2D eigenvalue weighted by Gasteiger charge is -2.13. The zero-order valence-electron chi connectivity index (χ0n) is 16.5. The van der Waals surface area contributed by atoms with E-state index in [1.54, 1.807) is 13.2 Å². The van der Waals surface area contributed by atoms with Gasteiger partial charge in [-0.2, -0.15) is 5.26 Å². The van der Waals surface area contributed by atoms with Gasteiger partial charge in [0.2, 0.25) is 0 Å². The Morgan fingerprint density at radius 2 is 1.94 bits per heavy atom. The van der Waals surface area contributed by atoms with Crippen LogP contribution in [0.2, 0.25) is 0 Å². The molecule has 0 atom stereocenters. The lowest BCUT2D eigenvalue weighted by atomic mass is 10.0. The van der Waals surface area contributed by atoms with Crippen LogP contribution in [0, 0.1) is 20.7 Å². The first-order valence-electron chi connectivity index (χ1n) is 9.19. The molecule has 7 heteroatoms. The first-order chi connectivity index (χ1) is 14.9. The lowest BCUT2D eigenvalue weighted by molar-refractivity contribution is -0.112. The fraction of sp³-hybridized carbons (Fsp3) is 0.0833. The largest absolute Gasteiger partial charge is 0.496 e. The van der Waals surface area contributed by atoms with Crippen molar-refractivity contribution in [3.05, 3.63) is 96.8 Å². The summed E-state index contributed by atoms with van der Waals surface area (Å²) in [5.41, 5.74) is 3.15. The molecule has 0 bridgehead atoms. The molecule has 0 saturated heterocycles. The molecule has 4 nitrogen and oxygen atoms in total. The first-order valence-corrected chi connectivity index (χ1v) is 11.1. The molecule has 0 aromatic heterocycles. The second-order valence-electron chi connectivity index (χ2n) is 6.58. The van der Waals surface area contributed by atoms with E-state index in [0.717, 1.165) is 19.2 Å². The summed E-state index contributed by atoms with van der Waals surface area (Å²) in [4.78, 5) is 12.5. The summed E-state index contributed by atoms with van der Waals surface area (Å²) in [5.74, 6) is -0.302. The highest BCUT2D eigenvalue weighted by atomic mass is 127. The third-order valence-corrected chi connectivity index (χ3v) is 6.24. The maximum Gasteiger partial charge on any atom is 0.266 e. The normalized spacial score (nSPS) is 11.0. The fourth-order valence-electron chi connectivity index (χ4n) is 2.95. The maximum atomic E-state index is 13.0. The molecule has 0 aliphatic carbocycles. The second kappa shape index (κ2) is 10.6. The van der Waals surface area contributed by atoms with E-state index in [2.05, 4.69) is 43.8 Å². The van der Waals surface area contributed by atoms with Gasteiger partial charge < -0.3 is 10.1 Å². The van der Waals surface area contributed by atoms with Crippen molar-refractivity contribution in [3.8, 4) is 11.8 Å². The van der Waals surface area contributed by atoms with Crippen molar-refractivity contribution in [3.63, 3.8) is 0 Å². The van der Waals surface area contributed by atoms with Crippen LogP contribution in [0.25, 0.3) is 6.08 Å². The Kier molecular flexibility index (Phi) is 7.82. The summed E-state index contributed by atoms with van der Waals surface area (Å²) in [7, 11) is 1.59. The molecule has 3 rings (SSSR count). The van der Waals surface area contributed by atoms with Gasteiger partial charge in [0, 0.05) is 25.7 Å². The van der Waals surface area contributed by atoms with Crippen LogP contribution in [0.1, 0.15) is 16.7 Å². The van der Waals surface area contributed by atoms with E-state index in [1.165, 1.54) is 30.3 Å². The standard InChI is InChI=1S/C24H17BrFIN2O2/c1-31-23-12-15(11-22(27)20(23)13-16-4-2-3-5-21(16)25)10-17(14-28)24(30)29-19-8-6-18(26)7-9-19/h2-12H,13H2,1H3,(H,29,30)/b17-10+. The zero-order chi connectivity index (χ0) is 22.4. The van der Waals surface area contributed by atoms with Gasteiger partial charge in [0.15, 0.2) is 0 Å². The van der Waals surface area contributed by atoms with Crippen LogP contribution < -0.4 is 10.1 Å². The van der Waals surface area contributed by atoms with Gasteiger partial charge in [0.05, 0.1) is 7.11 Å². The SMILES string of the molecule is COc1cc(/C=C(\C#N)C(=O)Nc2ccc(F)cc2)cc(I)c1Cc1ccccc1Br. The number of rotatable bonds is 6. The van der Waals surface area contributed by atoms with Crippen LogP contribution >= 0.6 is 38.5 Å². The van der Waals surface area contributed by atoms with Gasteiger partial charge in [-0.3, -0.25) is 4.79 Å². The van der Waals surface area contributed by atoms with Crippen LogP contribution in [0.15, 0.2) is 70.7 Å². The molecule has 0 unspecified atom stereocenters. The molecule has 0 aliphatic rings. The number of amides is 1. The van der Waals surface area contributed by atoms with Gasteiger partial charge in [-0.05, 0) is 82.3 Å². The predicted octanol–water partition coefficient (Wildman–Crippen LogP) is 6.34. The molecule has 156 valence electrons. The number of nitriles is 1. The number of ether oxygens (including phenoxy) is 1. The highest BCUT2D eigenvalue weighted by molar-refractivity contribution is 14.1. The minimum atomic E-state index is -0.569. The number of carbonyl (C=O) groups excluding carboxylic acids is 1. The third-order valence-electron chi connectivity index (χ3n) is 4.50. The number of carbonyl (C=O) groups is 1. The van der Waals surface area contributed by atoms with Gasteiger partial charge in [-0.25, -0.2) is 4.39 Å². The molecule has 0 fully saturated rings. The van der Waals surface area contributed by atoms with E-state index in [1.807, 2.05) is 36.4 Å². The van der Waals surface area contributed by atoms with Crippen LogP contribution in [-0.4, -0.2) is 13.0 Å². The van der Waals surface area contributed by atoms with Gasteiger partial charge in [0.1, 0.15) is 23.2 Å². The Morgan fingerprint density at radius 1 is 1.23 bits per heavy atom. The number of nitrogens with one attached hydrogen (secondary N) is 1. The highest BCUT2D eigenvalue weighted by Crippen LogP contribution is 2.31. The number of anilines is 1. The molecule has 31 heavy (non-hydrogen) atoms. The molecular weight excluding hydrogens is 574 g/mol. The summed E-state index contributed by atoms with van der Waals surface area (Å²) in [5, 5.41) is 12.1. The van der Waals surface area contributed by atoms with Gasteiger partial charge in [-0.1, -0.05) is 34.1 Å². The Labute approximate surface area is 202 Å². The Balaban J connectivity index is 1.89. The second-order valence-corrected chi connectivity index (χ2v) is 8.60. The number of hydrogen-bond donors (Lipinski definition) is 1. The minimum absolute atomic E-state index is 0.0688. The molecular formula is C24H17BrFIN2O2. The summed E-state index contributed by atoms with van der Waals surface area (Å²) in [6.07, 6.45) is 2.18. The van der Waals surface area contributed by atoms with E-state index in [0.29, 0.717) is 23.4 Å². The quantitative estimate of drug-likeness (QED) is 0.207. The van der Waals surface area contributed by atoms with E-state index >= 15 is 0 Å². The highest BCUT2D eigenvalue weighted by Gasteiger charge is 2.14. The number of nitrogens with zero attached hydrogens (tertiary/aromatic N) is 1. The van der Waals surface area contributed by atoms with Crippen molar-refractivity contribution in [2.45, 2.75) is 6.42 Å². The van der Waals surface area contributed by atoms with E-state index in [-0.39, 0.29) is 5.57 Å². The zero-order valence-corrected chi connectivity index (χ0v) is 20.2. The molecule has 0 spiro atoms. The predicted molar refractivity (Wildman–Crippen MR) is 131 cm³/mol. The van der Waals surface area contributed by atoms with E-state index in [4.69, 9.17) is 4.74 Å². The number of benzene rings is 3. The van der Waals surface area contributed by atoms with Gasteiger partial charge in [-0.15, -0.1) is 0 Å². The topological polar surface area (TPSA) is 62.1 Å². The molecule has 0 saturated carbocycles. The van der Waals surface area contributed by atoms with Crippen molar-refractivity contribution in [2.75, 3.05) is 12.4 Å². The van der Waals surface area contributed by atoms with Crippen molar-refractivity contribution < 1.29 is 13.9 Å². The molecule has 0 radical (unpaired) electrons. The summed E-state index contributed by atoms with van der Waals surface area (Å²) in [6, 6.07) is 19.0. The smallest absolute Gasteiger partial charge is 0.266 e. The van der Waals surface area contributed by atoms with Crippen LogP contribution in [-0.2, 0) is 11.2 Å². The summed E-state index contributed by atoms with van der Waals surface area (Å²) >= 11 is 5.80. The third kappa shape index (κ3) is 5.93. The minimum Gasteiger partial charge on any atom is -0.496 e. The van der Waals surface area contributed by atoms with Crippen LogP contribution in [0.3, 0.4) is 0 Å². The van der Waals surface area contributed by atoms with Crippen molar-refractivity contribution in [1.29, 1.82) is 5.26 Å². The molecule has 0 aliphatic heterocycles. The summed E-state index contributed by atoms with van der Waals surface area (Å²) < 4.78 is 20.6. The van der Waals surface area contributed by atoms with Gasteiger partial charge in [0.25, 0.3) is 5.91 Å². The average molecular weight is 591 g/mol. The molecule has 1 amide bonds. The fourth-order valence-corrected chi connectivity index (χ4v) is 4.19. The average Bonchev–Trinajstić information content (AvgIpc) is 2.76. The first kappa shape index (κ1) is 23.0. The van der Waals surface area contributed by atoms with Gasteiger partial charge >= 0.3 is 0 Å². The number of methoxy groups -OCH3 is 1. The van der Waals surface area contributed by atoms with E-state index in [9.17, 15) is 14.4 Å². The Hall–Kier alpha value is -2.70. The van der Waals surface area contributed by atoms with Crippen LogP contribution in [0.4, 0.5) is 10.1 Å². The number of halogens is 3. The molecule has 1 N–H and O–H groups in total. The molecule has 0 heterocycles. The number of hydrogen-bond acceptors (Lipinski definition) is 3. The Morgan fingerprint density at radius 3 is 2.58 bits per heavy atom. The Bertz CT molecular complexity index is 1190. The van der Waals surface area contributed by atoms with Crippen LogP contribution in [0.5, 0.6) is 5.75 Å². The lowest BCUT2D eigenvalue weighted by Crippen LogP contribution is -2.13. The van der Waals surface area contributed by atoms with E-state index < -0.39 is 11.7 Å². The monoisotopic (exact) mass is 590 g/mol. The van der Waals surface area contributed by atoms with Crippen molar-refractivity contribution in [1.82, 2.24) is 0 Å².